The molecule has 8 nitrogen and oxygen atoms in total. The van der Waals surface area contributed by atoms with Crippen LogP contribution in [0.4, 0.5) is 5.00 Å². The lowest BCUT2D eigenvalue weighted by Crippen LogP contribution is -2.17. The lowest BCUT2D eigenvalue weighted by atomic mass is 10.1. The molecule has 1 N–H and O–H groups in total. The third kappa shape index (κ3) is 5.13. The highest BCUT2D eigenvalue weighted by Gasteiger charge is 2.23. The molecule has 0 aliphatic heterocycles. The second kappa shape index (κ2) is 10.6. The minimum atomic E-state index is -0.408. The number of anilines is 1. The number of ether oxygens (including phenoxy) is 2. The maximum absolute atomic E-state index is 12.6. The fourth-order valence-corrected chi connectivity index (χ4v) is 5.10. The molecule has 0 atom stereocenters. The quantitative estimate of drug-likeness (QED) is 0.364. The molecule has 1 amide bonds. The van der Waals surface area contributed by atoms with Crippen molar-refractivity contribution in [3.8, 4) is 17.1 Å². The summed E-state index contributed by atoms with van der Waals surface area (Å²) >= 11 is 2.67. The minimum Gasteiger partial charge on any atom is -0.497 e. The SMILES string of the molecule is CCOC(=O)c1c(NC(=O)CSc2nnc(-c3ccc(OC)cc3)n2C)sc(C)c1CC. The highest BCUT2D eigenvalue weighted by atomic mass is 32.2. The van der Waals surface area contributed by atoms with Gasteiger partial charge >= 0.3 is 5.97 Å². The number of esters is 1. The van der Waals surface area contributed by atoms with Gasteiger partial charge in [0.05, 0.1) is 25.0 Å². The summed E-state index contributed by atoms with van der Waals surface area (Å²) in [5.74, 6) is 0.962. The van der Waals surface area contributed by atoms with Crippen LogP contribution in [0.5, 0.6) is 5.75 Å². The Hall–Kier alpha value is -2.85. The van der Waals surface area contributed by atoms with E-state index < -0.39 is 5.97 Å². The second-order valence-corrected chi connectivity index (χ2v) is 9.01. The number of nitrogens with one attached hydrogen (secondary N) is 1. The summed E-state index contributed by atoms with van der Waals surface area (Å²) in [6.45, 7) is 5.96. The molecule has 2 aromatic heterocycles. The molecular weight excluding hydrogens is 448 g/mol. The maximum Gasteiger partial charge on any atom is 0.341 e. The molecule has 3 aromatic rings. The molecule has 0 unspecified atom stereocenters. The van der Waals surface area contributed by atoms with Crippen LogP contribution in [0.3, 0.4) is 0 Å². The van der Waals surface area contributed by atoms with E-state index in [0.29, 0.717) is 28.0 Å². The number of thioether (sulfide) groups is 1. The van der Waals surface area contributed by atoms with Gasteiger partial charge in [0.15, 0.2) is 11.0 Å². The van der Waals surface area contributed by atoms with Crippen molar-refractivity contribution in [1.82, 2.24) is 14.8 Å². The van der Waals surface area contributed by atoms with E-state index in [1.807, 2.05) is 49.7 Å². The Morgan fingerprint density at radius 3 is 2.53 bits per heavy atom. The number of aryl methyl sites for hydroxylation is 1. The van der Waals surface area contributed by atoms with Gasteiger partial charge in [0.25, 0.3) is 0 Å². The maximum atomic E-state index is 12.6. The Morgan fingerprint density at radius 2 is 1.91 bits per heavy atom. The molecule has 0 aliphatic rings. The smallest absolute Gasteiger partial charge is 0.341 e. The van der Waals surface area contributed by atoms with Gasteiger partial charge in [0.2, 0.25) is 5.91 Å². The number of benzene rings is 1. The van der Waals surface area contributed by atoms with E-state index in [2.05, 4.69) is 15.5 Å². The molecule has 0 saturated carbocycles. The fraction of sp³-hybridized carbons (Fsp3) is 0.364. The van der Waals surface area contributed by atoms with E-state index in [9.17, 15) is 9.59 Å². The average molecular weight is 475 g/mol. The van der Waals surface area contributed by atoms with Crippen LogP contribution in [0.2, 0.25) is 0 Å². The molecule has 3 rings (SSSR count). The van der Waals surface area contributed by atoms with Crippen LogP contribution in [-0.2, 0) is 23.0 Å². The van der Waals surface area contributed by atoms with Crippen LogP contribution >= 0.6 is 23.1 Å². The number of nitrogens with zero attached hydrogens (tertiary/aromatic N) is 3. The summed E-state index contributed by atoms with van der Waals surface area (Å²) in [6.07, 6.45) is 0.689. The summed E-state index contributed by atoms with van der Waals surface area (Å²) < 4.78 is 12.2. The number of hydrogen-bond donors (Lipinski definition) is 1. The third-order valence-electron chi connectivity index (χ3n) is 4.81. The van der Waals surface area contributed by atoms with Crippen molar-refractivity contribution in [2.24, 2.45) is 7.05 Å². The number of rotatable bonds is 9. The molecular formula is C22H26N4O4S2. The van der Waals surface area contributed by atoms with Crippen molar-refractivity contribution in [2.75, 3.05) is 24.8 Å². The van der Waals surface area contributed by atoms with Crippen molar-refractivity contribution >= 4 is 40.0 Å². The van der Waals surface area contributed by atoms with E-state index >= 15 is 0 Å². The van der Waals surface area contributed by atoms with Gasteiger partial charge in [0, 0.05) is 17.5 Å². The molecule has 0 saturated heterocycles. The molecule has 0 spiro atoms. The van der Waals surface area contributed by atoms with E-state index in [0.717, 1.165) is 21.8 Å². The Morgan fingerprint density at radius 1 is 1.19 bits per heavy atom. The Kier molecular flexibility index (Phi) is 7.92. The summed E-state index contributed by atoms with van der Waals surface area (Å²) in [5.41, 5.74) is 2.27. The van der Waals surface area contributed by atoms with E-state index in [1.165, 1.54) is 23.1 Å². The number of aromatic nitrogens is 3. The minimum absolute atomic E-state index is 0.134. The number of carbonyl (C=O) groups excluding carboxylic acids is 2. The van der Waals surface area contributed by atoms with Crippen LogP contribution in [0.1, 0.15) is 34.6 Å². The predicted molar refractivity (Wildman–Crippen MR) is 127 cm³/mol. The number of amides is 1. The van der Waals surface area contributed by atoms with E-state index in [4.69, 9.17) is 9.47 Å². The largest absolute Gasteiger partial charge is 0.497 e. The van der Waals surface area contributed by atoms with E-state index in [1.54, 1.807) is 14.0 Å². The molecule has 10 heteroatoms. The van der Waals surface area contributed by atoms with Crippen molar-refractivity contribution in [2.45, 2.75) is 32.3 Å². The Balaban J connectivity index is 1.69. The molecule has 0 bridgehead atoms. The van der Waals surface area contributed by atoms with Crippen molar-refractivity contribution < 1.29 is 19.1 Å². The molecule has 0 radical (unpaired) electrons. The summed E-state index contributed by atoms with van der Waals surface area (Å²) in [6, 6.07) is 7.54. The van der Waals surface area contributed by atoms with Crippen molar-refractivity contribution in [3.63, 3.8) is 0 Å². The van der Waals surface area contributed by atoms with Gasteiger partial charge in [-0.15, -0.1) is 21.5 Å². The topological polar surface area (TPSA) is 95.3 Å². The Bertz CT molecular complexity index is 1110. The first-order valence-corrected chi connectivity index (χ1v) is 12.0. The van der Waals surface area contributed by atoms with Gasteiger partial charge in [-0.3, -0.25) is 4.79 Å². The zero-order valence-electron chi connectivity index (χ0n) is 18.7. The fourth-order valence-electron chi connectivity index (χ4n) is 3.24. The number of hydrogen-bond acceptors (Lipinski definition) is 8. The van der Waals surface area contributed by atoms with E-state index in [-0.39, 0.29) is 18.3 Å². The first kappa shape index (κ1) is 23.8. The van der Waals surface area contributed by atoms with Crippen LogP contribution in [0.15, 0.2) is 29.4 Å². The number of thiophene rings is 1. The summed E-state index contributed by atoms with van der Waals surface area (Å²) in [4.78, 5) is 26.1. The second-order valence-electron chi connectivity index (χ2n) is 6.85. The van der Waals surface area contributed by atoms with Gasteiger partial charge in [-0.05, 0) is 50.1 Å². The first-order chi connectivity index (χ1) is 15.4. The molecule has 2 heterocycles. The Labute approximate surface area is 195 Å². The van der Waals surface area contributed by atoms with Gasteiger partial charge in [-0.1, -0.05) is 18.7 Å². The van der Waals surface area contributed by atoms with Gasteiger partial charge in [-0.2, -0.15) is 0 Å². The summed E-state index contributed by atoms with van der Waals surface area (Å²) in [5, 5.41) is 12.5. The predicted octanol–water partition coefficient (Wildman–Crippen LogP) is 4.33. The lowest BCUT2D eigenvalue weighted by Gasteiger charge is -2.08. The standard InChI is InChI=1S/C22H26N4O4S2/c1-6-16-13(3)32-20(18(16)21(28)30-7-2)23-17(27)12-31-22-25-24-19(26(22)4)14-8-10-15(29-5)11-9-14/h8-11H,6-7,12H2,1-5H3,(H,23,27). The first-order valence-electron chi connectivity index (χ1n) is 10.1. The average Bonchev–Trinajstić information content (AvgIpc) is 3.31. The molecule has 0 aliphatic carbocycles. The van der Waals surface area contributed by atoms with Crippen LogP contribution in [0.25, 0.3) is 11.4 Å². The van der Waals surface area contributed by atoms with Crippen molar-refractivity contribution in [3.05, 3.63) is 40.3 Å². The highest BCUT2D eigenvalue weighted by Crippen LogP contribution is 2.34. The van der Waals surface area contributed by atoms with Crippen LogP contribution < -0.4 is 10.1 Å². The van der Waals surface area contributed by atoms with Crippen LogP contribution in [-0.4, -0.2) is 46.1 Å². The van der Waals surface area contributed by atoms with Gasteiger partial charge in [0.1, 0.15) is 10.8 Å². The van der Waals surface area contributed by atoms with Crippen LogP contribution in [0, 0.1) is 6.92 Å². The zero-order chi connectivity index (χ0) is 23.3. The summed E-state index contributed by atoms with van der Waals surface area (Å²) in [7, 11) is 3.47. The molecule has 0 fully saturated rings. The molecule has 1 aromatic carbocycles. The molecule has 32 heavy (non-hydrogen) atoms. The number of carbonyl (C=O) groups is 2. The van der Waals surface area contributed by atoms with Gasteiger partial charge < -0.3 is 19.4 Å². The van der Waals surface area contributed by atoms with Gasteiger partial charge in [-0.25, -0.2) is 4.79 Å². The third-order valence-corrected chi connectivity index (χ3v) is 6.89. The molecule has 170 valence electrons. The lowest BCUT2D eigenvalue weighted by molar-refractivity contribution is -0.113. The zero-order valence-corrected chi connectivity index (χ0v) is 20.4. The monoisotopic (exact) mass is 474 g/mol. The highest BCUT2D eigenvalue weighted by molar-refractivity contribution is 7.99. The van der Waals surface area contributed by atoms with Crippen molar-refractivity contribution in [1.29, 1.82) is 0 Å². The normalized spacial score (nSPS) is 10.8. The number of methoxy groups -OCH3 is 1.